The second-order valence-electron chi connectivity index (χ2n) is 10.7. The minimum Gasteiger partial charge on any atom is -0.550 e. The molecule has 0 spiro atoms. The Kier molecular flexibility index (Phi) is 10.9. The zero-order chi connectivity index (χ0) is 24.9. The van der Waals surface area contributed by atoms with Crippen LogP contribution >= 0.6 is 0 Å². The van der Waals surface area contributed by atoms with Crippen LogP contribution in [0.15, 0.2) is 54.3 Å². The smallest absolute Gasteiger partial charge is 0.550 e. The first-order chi connectivity index (χ1) is 16.9. The fraction of sp³-hybridized carbons (Fsp3) is 0.600. The number of ether oxygens (including phenoxy) is 1. The van der Waals surface area contributed by atoms with Crippen molar-refractivity contribution in [3.63, 3.8) is 0 Å². The van der Waals surface area contributed by atoms with Crippen molar-refractivity contribution in [1.82, 2.24) is 4.98 Å². The standard InChI is InChI=1S/C30H41NO4.Na/c1-4-20(29-19(3)14-17-26(35-29)23(5-2)30(33)34)9-6-11-22-16-15-21-10-7-12-24(21)27(22)28(32)25-13-8-18-31-25;/h6,8-9,11,13,15-16,18-19,21-24,26-27,29,31H,4-5,7,10,12,14,17H2,1-3H3,(H,33,34);/q;+1/p-1/t19-,21-,22?,23+,24+,26+,27+,29+;/m0./s1. The Morgan fingerprint density at radius 2 is 2.00 bits per heavy atom. The first-order valence-corrected chi connectivity index (χ1v) is 13.5. The van der Waals surface area contributed by atoms with Crippen LogP contribution in [0.4, 0.5) is 0 Å². The molecule has 0 radical (unpaired) electrons. The molecule has 6 heteroatoms. The molecule has 36 heavy (non-hydrogen) atoms. The molecule has 2 heterocycles. The third-order valence-electron chi connectivity index (χ3n) is 8.60. The number of hydrogen-bond donors (Lipinski definition) is 1. The van der Waals surface area contributed by atoms with Crippen LogP contribution in [0.25, 0.3) is 0 Å². The maximum atomic E-state index is 13.5. The van der Waals surface area contributed by atoms with E-state index >= 15 is 0 Å². The number of nitrogens with one attached hydrogen (secondary N) is 1. The zero-order valence-electron chi connectivity index (χ0n) is 22.3. The average Bonchev–Trinajstić information content (AvgIpc) is 3.55. The summed E-state index contributed by atoms with van der Waals surface area (Å²) >= 11 is 0. The number of carbonyl (C=O) groups excluding carboxylic acids is 2. The molecule has 190 valence electrons. The van der Waals surface area contributed by atoms with Crippen LogP contribution in [0, 0.1) is 35.5 Å². The maximum Gasteiger partial charge on any atom is 1.00 e. The van der Waals surface area contributed by atoms with Gasteiger partial charge >= 0.3 is 29.6 Å². The summed E-state index contributed by atoms with van der Waals surface area (Å²) in [5.41, 5.74) is 1.88. The quantitative estimate of drug-likeness (QED) is 0.244. The average molecular weight is 502 g/mol. The third kappa shape index (κ3) is 6.35. The summed E-state index contributed by atoms with van der Waals surface area (Å²) in [6.07, 6.45) is 18.9. The van der Waals surface area contributed by atoms with Crippen molar-refractivity contribution in [3.05, 3.63) is 60.0 Å². The molecule has 2 aliphatic carbocycles. The van der Waals surface area contributed by atoms with Gasteiger partial charge in [-0.05, 0) is 74.0 Å². The number of H-pyrrole nitrogens is 1. The summed E-state index contributed by atoms with van der Waals surface area (Å²) in [5, 5.41) is 11.6. The van der Waals surface area contributed by atoms with E-state index in [0.717, 1.165) is 25.7 Å². The van der Waals surface area contributed by atoms with Gasteiger partial charge in [-0.15, -0.1) is 0 Å². The summed E-state index contributed by atoms with van der Waals surface area (Å²) < 4.78 is 6.38. The first kappa shape index (κ1) is 29.2. The molecule has 1 saturated carbocycles. The van der Waals surface area contributed by atoms with E-state index in [2.05, 4.69) is 49.2 Å². The number of hydrogen-bond acceptors (Lipinski definition) is 4. The Morgan fingerprint density at radius 1 is 1.19 bits per heavy atom. The SMILES string of the molecule is CCC(=CC=CC1C=C[C@@H]2CCC[C@H]2[C@@H]1C(=O)c1ccc[nH]1)[C@@H]1O[C@@H]([C@@H](CC)C(=O)[O-])CC[C@@H]1C.[Na+]. The largest absolute Gasteiger partial charge is 1.00 e. The zero-order valence-corrected chi connectivity index (χ0v) is 24.3. The van der Waals surface area contributed by atoms with Gasteiger partial charge in [0.15, 0.2) is 5.78 Å². The molecule has 5 nitrogen and oxygen atoms in total. The molecular formula is C30H40NNaO4. The van der Waals surface area contributed by atoms with Gasteiger partial charge in [0, 0.05) is 29.9 Å². The number of carboxylic acids is 1. The summed E-state index contributed by atoms with van der Waals surface area (Å²) in [5.74, 6) is -0.0910. The van der Waals surface area contributed by atoms with Gasteiger partial charge in [0.25, 0.3) is 0 Å². The third-order valence-corrected chi connectivity index (χ3v) is 8.60. The van der Waals surface area contributed by atoms with E-state index < -0.39 is 11.9 Å². The van der Waals surface area contributed by atoms with E-state index in [-0.39, 0.29) is 59.4 Å². The van der Waals surface area contributed by atoms with Crippen molar-refractivity contribution in [2.24, 2.45) is 35.5 Å². The minimum atomic E-state index is -1.01. The second-order valence-corrected chi connectivity index (χ2v) is 10.7. The molecule has 0 bridgehead atoms. The number of aromatic nitrogens is 1. The van der Waals surface area contributed by atoms with E-state index in [1.807, 2.05) is 25.3 Å². The number of rotatable bonds is 9. The molecular weight excluding hydrogens is 461 g/mol. The molecule has 1 saturated heterocycles. The van der Waals surface area contributed by atoms with E-state index in [4.69, 9.17) is 4.74 Å². The van der Waals surface area contributed by atoms with Crippen molar-refractivity contribution in [3.8, 4) is 0 Å². The number of carbonyl (C=O) groups is 2. The Hall–Kier alpha value is -1.40. The summed E-state index contributed by atoms with van der Waals surface area (Å²) in [4.78, 5) is 28.2. The Labute approximate surface area is 238 Å². The molecule has 0 aromatic carbocycles. The van der Waals surface area contributed by atoms with Gasteiger partial charge in [-0.25, -0.2) is 0 Å². The van der Waals surface area contributed by atoms with Crippen LogP contribution in [-0.4, -0.2) is 28.9 Å². The summed E-state index contributed by atoms with van der Waals surface area (Å²) in [6, 6.07) is 3.77. The molecule has 1 unspecified atom stereocenters. The van der Waals surface area contributed by atoms with Crippen molar-refractivity contribution in [2.45, 2.75) is 77.9 Å². The maximum absolute atomic E-state index is 13.5. The monoisotopic (exact) mass is 501 g/mol. The van der Waals surface area contributed by atoms with Crippen LogP contribution in [0.5, 0.6) is 0 Å². The normalized spacial score (nSPS) is 33.2. The molecule has 1 aliphatic heterocycles. The van der Waals surface area contributed by atoms with Gasteiger partial charge in [-0.2, -0.15) is 0 Å². The van der Waals surface area contributed by atoms with Crippen molar-refractivity contribution < 1.29 is 49.0 Å². The fourth-order valence-corrected chi connectivity index (χ4v) is 6.62. The molecule has 4 rings (SSSR count). The van der Waals surface area contributed by atoms with Crippen LogP contribution in [0.1, 0.15) is 76.2 Å². The van der Waals surface area contributed by atoms with Crippen molar-refractivity contribution in [2.75, 3.05) is 0 Å². The van der Waals surface area contributed by atoms with Crippen LogP contribution in [-0.2, 0) is 9.53 Å². The summed E-state index contributed by atoms with van der Waals surface area (Å²) in [6.45, 7) is 6.19. The van der Waals surface area contributed by atoms with Gasteiger partial charge in [0.05, 0.1) is 17.9 Å². The number of carboxylic acid groups (broad SMARTS) is 1. The topological polar surface area (TPSA) is 82.2 Å². The molecule has 1 aromatic rings. The van der Waals surface area contributed by atoms with E-state index in [1.54, 1.807) is 0 Å². The van der Waals surface area contributed by atoms with Gasteiger partial charge in [-0.1, -0.05) is 57.6 Å². The number of aromatic amines is 1. The van der Waals surface area contributed by atoms with Gasteiger partial charge in [0.1, 0.15) is 0 Å². The number of fused-ring (bicyclic) bond motifs is 1. The van der Waals surface area contributed by atoms with Crippen molar-refractivity contribution in [1.29, 1.82) is 0 Å². The number of Topliss-reactive ketones (excluding diaryl/α,β-unsaturated/α-hetero) is 1. The molecule has 3 aliphatic rings. The Bertz CT molecular complexity index is 966. The van der Waals surface area contributed by atoms with Gasteiger partial charge in [0.2, 0.25) is 0 Å². The van der Waals surface area contributed by atoms with Crippen molar-refractivity contribution >= 4 is 11.8 Å². The number of ketones is 1. The predicted octanol–water partition coefficient (Wildman–Crippen LogP) is 2.27. The van der Waals surface area contributed by atoms with Crippen LogP contribution in [0.3, 0.4) is 0 Å². The van der Waals surface area contributed by atoms with Gasteiger partial charge < -0.3 is 19.6 Å². The number of aliphatic carboxylic acids is 1. The Balaban J connectivity index is 0.00000361. The predicted molar refractivity (Wildman–Crippen MR) is 135 cm³/mol. The molecule has 0 amide bonds. The molecule has 2 fully saturated rings. The minimum absolute atomic E-state index is 0. The second kappa shape index (κ2) is 13.4. The van der Waals surface area contributed by atoms with E-state index in [1.165, 1.54) is 18.4 Å². The van der Waals surface area contributed by atoms with Crippen LogP contribution < -0.4 is 34.7 Å². The molecule has 8 atom stereocenters. The Morgan fingerprint density at radius 3 is 2.67 bits per heavy atom. The van der Waals surface area contributed by atoms with E-state index in [9.17, 15) is 14.7 Å². The fourth-order valence-electron chi connectivity index (χ4n) is 6.62. The first-order valence-electron chi connectivity index (χ1n) is 13.5. The summed E-state index contributed by atoms with van der Waals surface area (Å²) in [7, 11) is 0. The molecule has 1 N–H and O–H groups in total. The molecule has 1 aromatic heterocycles. The number of allylic oxidation sites excluding steroid dienone is 5. The van der Waals surface area contributed by atoms with Crippen LogP contribution in [0.2, 0.25) is 0 Å². The van der Waals surface area contributed by atoms with E-state index in [0.29, 0.717) is 29.9 Å². The van der Waals surface area contributed by atoms with Gasteiger partial charge in [-0.3, -0.25) is 4.79 Å².